The van der Waals surface area contributed by atoms with Crippen LogP contribution in [0.25, 0.3) is 11.4 Å². The van der Waals surface area contributed by atoms with E-state index in [2.05, 4.69) is 36.2 Å². The fraction of sp³-hybridized carbons (Fsp3) is 0.286. The summed E-state index contributed by atoms with van der Waals surface area (Å²) in [5, 5.41) is 5.58. The molecule has 0 atom stereocenters. The first kappa shape index (κ1) is 19.3. The molecule has 5 rings (SSSR count). The van der Waals surface area contributed by atoms with Gasteiger partial charge >= 0.3 is 0 Å². The van der Waals surface area contributed by atoms with Crippen molar-refractivity contribution in [3.63, 3.8) is 0 Å². The molecule has 0 bridgehead atoms. The number of nitrogens with one attached hydrogen (secondary N) is 1. The van der Waals surface area contributed by atoms with Crippen LogP contribution < -0.4 is 5.32 Å². The van der Waals surface area contributed by atoms with Gasteiger partial charge in [0, 0.05) is 33.6 Å². The Balaban J connectivity index is 1.32. The van der Waals surface area contributed by atoms with Crippen LogP contribution in [-0.4, -0.2) is 44.8 Å². The van der Waals surface area contributed by atoms with Gasteiger partial charge in [-0.1, -0.05) is 15.9 Å². The van der Waals surface area contributed by atoms with Crippen molar-refractivity contribution in [1.82, 2.24) is 19.9 Å². The third-order valence-electron chi connectivity index (χ3n) is 5.54. The molecule has 3 heterocycles. The maximum Gasteiger partial charge on any atom is 0.254 e. The monoisotopic (exact) mass is 483 g/mol. The van der Waals surface area contributed by atoms with Crippen molar-refractivity contribution >= 4 is 45.0 Å². The number of nitrogens with zero attached hydrogens (tertiary/aromatic N) is 4. The van der Waals surface area contributed by atoms with Gasteiger partial charge < -0.3 is 4.90 Å². The zero-order valence-electron chi connectivity index (χ0n) is 16.2. The van der Waals surface area contributed by atoms with Crippen LogP contribution in [0.2, 0.25) is 0 Å². The average Bonchev–Trinajstić information content (AvgIpc) is 3.36. The van der Waals surface area contributed by atoms with Crippen molar-refractivity contribution in [2.45, 2.75) is 25.2 Å². The van der Waals surface area contributed by atoms with Gasteiger partial charge in [-0.05, 0) is 49.6 Å². The Bertz CT molecular complexity index is 1170. The first-order valence-electron chi connectivity index (χ1n) is 9.58. The highest BCUT2D eigenvalue weighted by atomic mass is 79.9. The molecule has 1 fully saturated rings. The highest BCUT2D eigenvalue weighted by molar-refractivity contribution is 9.10. The van der Waals surface area contributed by atoms with Gasteiger partial charge in [0.1, 0.15) is 12.2 Å². The molecule has 152 valence electrons. The number of thiazole rings is 1. The molecule has 1 aliphatic heterocycles. The van der Waals surface area contributed by atoms with E-state index < -0.39 is 0 Å². The minimum Gasteiger partial charge on any atom is -0.328 e. The third-order valence-corrected chi connectivity index (χ3v) is 6.81. The van der Waals surface area contributed by atoms with Crippen molar-refractivity contribution in [3.8, 4) is 11.4 Å². The number of aryl methyl sites for hydroxylation is 1. The fourth-order valence-corrected chi connectivity index (χ4v) is 4.89. The van der Waals surface area contributed by atoms with Crippen LogP contribution in [0.5, 0.6) is 0 Å². The Morgan fingerprint density at radius 1 is 1.27 bits per heavy atom. The molecule has 1 saturated carbocycles. The standard InChI is InChI=1S/C21H18BrN5O2S/c1-12-24-17(10-30-12)16-4-7-23-20(25-16)26-18(28)9-27-11-21(5-6-21)15-8-13(22)2-3-14(15)19(27)29/h2-4,7-8,10H,5-6,9,11H2,1H3,(H,23,25,26,28). The van der Waals surface area contributed by atoms with Gasteiger partial charge in [-0.15, -0.1) is 11.3 Å². The van der Waals surface area contributed by atoms with Crippen LogP contribution in [-0.2, 0) is 10.2 Å². The van der Waals surface area contributed by atoms with Gasteiger partial charge in [0.15, 0.2) is 0 Å². The molecule has 1 N–H and O–H groups in total. The highest BCUT2D eigenvalue weighted by Gasteiger charge is 2.51. The van der Waals surface area contributed by atoms with E-state index in [-0.39, 0.29) is 29.7 Å². The van der Waals surface area contributed by atoms with Crippen LogP contribution in [0.3, 0.4) is 0 Å². The summed E-state index contributed by atoms with van der Waals surface area (Å²) in [4.78, 5) is 40.2. The predicted octanol–water partition coefficient (Wildman–Crippen LogP) is 3.80. The number of halogens is 1. The summed E-state index contributed by atoms with van der Waals surface area (Å²) in [6.45, 7) is 2.46. The lowest BCUT2D eigenvalue weighted by Crippen LogP contribution is -2.46. The third kappa shape index (κ3) is 3.52. The van der Waals surface area contributed by atoms with Crippen molar-refractivity contribution in [2.24, 2.45) is 0 Å². The van der Waals surface area contributed by atoms with Gasteiger partial charge in [-0.25, -0.2) is 15.0 Å². The number of rotatable bonds is 4. The second-order valence-electron chi connectivity index (χ2n) is 7.70. The van der Waals surface area contributed by atoms with Gasteiger partial charge in [0.2, 0.25) is 11.9 Å². The lowest BCUT2D eigenvalue weighted by atomic mass is 9.86. The number of aromatic nitrogens is 3. The first-order chi connectivity index (χ1) is 14.4. The SMILES string of the molecule is Cc1nc(-c2ccnc(NC(=O)CN3CC4(CC4)c4cc(Br)ccc4C3=O)n2)cs1. The predicted molar refractivity (Wildman–Crippen MR) is 117 cm³/mol. The van der Waals surface area contributed by atoms with Gasteiger partial charge in [-0.2, -0.15) is 0 Å². The molecule has 2 aliphatic rings. The quantitative estimate of drug-likeness (QED) is 0.609. The maximum absolute atomic E-state index is 13.0. The number of anilines is 1. The summed E-state index contributed by atoms with van der Waals surface area (Å²) < 4.78 is 0.971. The number of benzene rings is 1. The number of carbonyl (C=O) groups excluding carboxylic acids is 2. The van der Waals surface area contributed by atoms with Crippen LogP contribution >= 0.6 is 27.3 Å². The zero-order chi connectivity index (χ0) is 20.9. The molecule has 9 heteroatoms. The minimum absolute atomic E-state index is 0.0216. The largest absolute Gasteiger partial charge is 0.328 e. The van der Waals surface area contributed by atoms with Crippen LogP contribution in [0.4, 0.5) is 5.95 Å². The van der Waals surface area contributed by atoms with E-state index in [1.165, 1.54) is 11.3 Å². The summed E-state index contributed by atoms with van der Waals surface area (Å²) in [6.07, 6.45) is 3.64. The molecular weight excluding hydrogens is 466 g/mol. The molecule has 3 aromatic rings. The number of hydrogen-bond acceptors (Lipinski definition) is 6. The zero-order valence-corrected chi connectivity index (χ0v) is 18.6. The number of carbonyl (C=O) groups is 2. The summed E-state index contributed by atoms with van der Waals surface area (Å²) in [5.41, 5.74) is 3.15. The normalized spacial score (nSPS) is 16.5. The summed E-state index contributed by atoms with van der Waals surface area (Å²) in [6, 6.07) is 7.51. The maximum atomic E-state index is 13.0. The lowest BCUT2D eigenvalue weighted by molar-refractivity contribution is -0.117. The van der Waals surface area contributed by atoms with Crippen LogP contribution in [0.15, 0.2) is 40.3 Å². The molecule has 0 unspecified atom stereocenters. The van der Waals surface area contributed by atoms with Crippen molar-refractivity contribution < 1.29 is 9.59 Å². The van der Waals surface area contributed by atoms with Crippen LogP contribution in [0.1, 0.15) is 33.8 Å². The molecule has 1 aliphatic carbocycles. The van der Waals surface area contributed by atoms with Gasteiger partial charge in [0.25, 0.3) is 5.91 Å². The summed E-state index contributed by atoms with van der Waals surface area (Å²) >= 11 is 5.04. The molecule has 1 aromatic carbocycles. The Morgan fingerprint density at radius 3 is 2.83 bits per heavy atom. The summed E-state index contributed by atoms with van der Waals surface area (Å²) in [7, 11) is 0. The molecule has 7 nitrogen and oxygen atoms in total. The Labute approximate surface area is 185 Å². The minimum atomic E-state index is -0.314. The molecule has 0 saturated heterocycles. The van der Waals surface area contributed by atoms with Crippen LogP contribution in [0, 0.1) is 6.92 Å². The van der Waals surface area contributed by atoms with E-state index in [0.29, 0.717) is 17.8 Å². The second kappa shape index (κ2) is 7.24. The van der Waals surface area contributed by atoms with E-state index >= 15 is 0 Å². The average molecular weight is 484 g/mol. The number of fused-ring (bicyclic) bond motifs is 2. The molecular formula is C21H18BrN5O2S. The molecule has 1 spiro atoms. The van der Waals surface area contributed by atoms with E-state index in [0.717, 1.165) is 33.6 Å². The Kier molecular flexibility index (Phi) is 4.67. The summed E-state index contributed by atoms with van der Waals surface area (Å²) in [5.74, 6) is -0.220. The van der Waals surface area contributed by atoms with E-state index in [1.807, 2.05) is 30.5 Å². The highest BCUT2D eigenvalue weighted by Crippen LogP contribution is 2.52. The smallest absolute Gasteiger partial charge is 0.254 e. The number of amides is 2. The molecule has 0 radical (unpaired) electrons. The molecule has 2 aromatic heterocycles. The number of hydrogen-bond donors (Lipinski definition) is 1. The Hall–Kier alpha value is -2.65. The van der Waals surface area contributed by atoms with Crippen molar-refractivity contribution in [2.75, 3.05) is 18.4 Å². The molecule has 30 heavy (non-hydrogen) atoms. The van der Waals surface area contributed by atoms with Crippen molar-refractivity contribution in [1.29, 1.82) is 0 Å². The van der Waals surface area contributed by atoms with E-state index in [1.54, 1.807) is 17.2 Å². The van der Waals surface area contributed by atoms with E-state index in [9.17, 15) is 9.59 Å². The van der Waals surface area contributed by atoms with E-state index in [4.69, 9.17) is 0 Å². The first-order valence-corrected chi connectivity index (χ1v) is 11.3. The van der Waals surface area contributed by atoms with Gasteiger partial charge in [0.05, 0.1) is 10.7 Å². The molecule has 2 amide bonds. The topological polar surface area (TPSA) is 88.1 Å². The second-order valence-corrected chi connectivity index (χ2v) is 9.67. The fourth-order valence-electron chi connectivity index (χ4n) is 3.92. The lowest BCUT2D eigenvalue weighted by Gasteiger charge is -2.34. The Morgan fingerprint density at radius 2 is 2.10 bits per heavy atom. The van der Waals surface area contributed by atoms with Gasteiger partial charge in [-0.3, -0.25) is 14.9 Å². The van der Waals surface area contributed by atoms with Crippen molar-refractivity contribution in [3.05, 3.63) is 56.4 Å².